The van der Waals surface area contributed by atoms with Gasteiger partial charge < -0.3 is 19.1 Å². The van der Waals surface area contributed by atoms with Crippen molar-refractivity contribution in [3.05, 3.63) is 52.5 Å². The predicted octanol–water partition coefficient (Wildman–Crippen LogP) is 3.71. The molecular formula is C22H27ClN2O4. The number of carbonyl (C=O) groups excluding carboxylic acids is 1. The molecule has 0 saturated carbocycles. The van der Waals surface area contributed by atoms with Crippen LogP contribution in [-0.2, 0) is 6.54 Å². The van der Waals surface area contributed by atoms with Crippen molar-refractivity contribution >= 4 is 17.5 Å². The summed E-state index contributed by atoms with van der Waals surface area (Å²) in [7, 11) is 3.24. The summed E-state index contributed by atoms with van der Waals surface area (Å²) in [4.78, 5) is 17.1. The van der Waals surface area contributed by atoms with Crippen molar-refractivity contribution in [3.8, 4) is 17.2 Å². The molecule has 2 aromatic rings. The summed E-state index contributed by atoms with van der Waals surface area (Å²) in [6, 6.07) is 11.0. The molecule has 7 heteroatoms. The first-order valence-corrected chi connectivity index (χ1v) is 10.1. The second-order valence-electron chi connectivity index (χ2n) is 6.82. The Balaban J connectivity index is 1.62. The zero-order chi connectivity index (χ0) is 20.8. The van der Waals surface area contributed by atoms with Gasteiger partial charge in [0.1, 0.15) is 5.75 Å². The van der Waals surface area contributed by atoms with Crippen LogP contribution >= 0.6 is 11.6 Å². The van der Waals surface area contributed by atoms with Crippen molar-refractivity contribution in [2.45, 2.75) is 13.5 Å². The van der Waals surface area contributed by atoms with Gasteiger partial charge in [-0.2, -0.15) is 0 Å². The minimum absolute atomic E-state index is 0.00587. The van der Waals surface area contributed by atoms with Crippen molar-refractivity contribution < 1.29 is 19.0 Å². The fourth-order valence-corrected chi connectivity index (χ4v) is 3.67. The third-order valence-corrected chi connectivity index (χ3v) is 5.24. The molecule has 1 saturated heterocycles. The van der Waals surface area contributed by atoms with Crippen LogP contribution in [0.2, 0.25) is 5.02 Å². The smallest absolute Gasteiger partial charge is 0.254 e. The second kappa shape index (κ2) is 9.85. The van der Waals surface area contributed by atoms with E-state index in [0.29, 0.717) is 41.8 Å². The third kappa shape index (κ3) is 5.14. The van der Waals surface area contributed by atoms with E-state index in [2.05, 4.69) is 4.90 Å². The molecule has 0 aliphatic carbocycles. The van der Waals surface area contributed by atoms with Crippen molar-refractivity contribution in [1.29, 1.82) is 0 Å². The molecule has 0 bridgehead atoms. The molecule has 1 fully saturated rings. The van der Waals surface area contributed by atoms with Crippen LogP contribution in [0.4, 0.5) is 0 Å². The van der Waals surface area contributed by atoms with Crippen molar-refractivity contribution in [2.24, 2.45) is 0 Å². The molecule has 2 aromatic carbocycles. The minimum Gasteiger partial charge on any atom is -0.496 e. The molecule has 0 spiro atoms. The number of methoxy groups -OCH3 is 2. The Kier molecular flexibility index (Phi) is 7.23. The van der Waals surface area contributed by atoms with Crippen LogP contribution in [-0.4, -0.2) is 62.7 Å². The summed E-state index contributed by atoms with van der Waals surface area (Å²) >= 11 is 6.13. The maximum absolute atomic E-state index is 12.9. The van der Waals surface area contributed by atoms with Crippen LogP contribution in [0.1, 0.15) is 22.8 Å². The average molecular weight is 419 g/mol. The lowest BCUT2D eigenvalue weighted by Gasteiger charge is -2.35. The summed E-state index contributed by atoms with van der Waals surface area (Å²) in [6.07, 6.45) is 0. The Hall–Kier alpha value is -2.44. The summed E-state index contributed by atoms with van der Waals surface area (Å²) < 4.78 is 16.3. The number of nitrogens with zero attached hydrogens (tertiary/aromatic N) is 2. The van der Waals surface area contributed by atoms with E-state index in [0.717, 1.165) is 30.9 Å². The van der Waals surface area contributed by atoms with Crippen molar-refractivity contribution in [1.82, 2.24) is 9.80 Å². The van der Waals surface area contributed by atoms with E-state index in [1.54, 1.807) is 32.4 Å². The highest BCUT2D eigenvalue weighted by Gasteiger charge is 2.23. The van der Waals surface area contributed by atoms with Crippen LogP contribution in [0, 0.1) is 0 Å². The van der Waals surface area contributed by atoms with Crippen LogP contribution in [0.15, 0.2) is 36.4 Å². The van der Waals surface area contributed by atoms with Gasteiger partial charge in [-0.05, 0) is 43.3 Å². The molecule has 0 unspecified atom stereocenters. The quantitative estimate of drug-likeness (QED) is 0.686. The molecular weight excluding hydrogens is 392 g/mol. The lowest BCUT2D eigenvalue weighted by molar-refractivity contribution is 0.0627. The zero-order valence-corrected chi connectivity index (χ0v) is 17.9. The number of rotatable bonds is 7. The first-order chi connectivity index (χ1) is 14.0. The monoisotopic (exact) mass is 418 g/mol. The van der Waals surface area contributed by atoms with Gasteiger partial charge in [-0.3, -0.25) is 9.69 Å². The molecule has 1 heterocycles. The number of halogens is 1. The number of piperazine rings is 1. The molecule has 6 nitrogen and oxygen atoms in total. The lowest BCUT2D eigenvalue weighted by Crippen LogP contribution is -2.48. The van der Waals surface area contributed by atoms with E-state index in [4.69, 9.17) is 25.8 Å². The Morgan fingerprint density at radius 3 is 2.31 bits per heavy atom. The molecule has 0 aromatic heterocycles. The normalized spacial score (nSPS) is 14.6. The summed E-state index contributed by atoms with van der Waals surface area (Å²) in [6.45, 7) is 6.10. The summed E-state index contributed by atoms with van der Waals surface area (Å²) in [5, 5.41) is 0.694. The Bertz CT molecular complexity index is 851. The molecule has 1 amide bonds. The van der Waals surface area contributed by atoms with E-state index in [9.17, 15) is 4.79 Å². The van der Waals surface area contributed by atoms with E-state index in [1.807, 2.05) is 30.0 Å². The van der Waals surface area contributed by atoms with Gasteiger partial charge in [0.15, 0.2) is 11.5 Å². The topological polar surface area (TPSA) is 51.2 Å². The van der Waals surface area contributed by atoms with Gasteiger partial charge in [0, 0.05) is 48.9 Å². The highest BCUT2D eigenvalue weighted by atomic mass is 35.5. The van der Waals surface area contributed by atoms with E-state index < -0.39 is 0 Å². The average Bonchev–Trinajstić information content (AvgIpc) is 2.74. The van der Waals surface area contributed by atoms with Gasteiger partial charge in [0.05, 0.1) is 20.8 Å². The summed E-state index contributed by atoms with van der Waals surface area (Å²) in [5.74, 6) is 2.05. The van der Waals surface area contributed by atoms with Gasteiger partial charge in [-0.15, -0.1) is 0 Å². The van der Waals surface area contributed by atoms with Gasteiger partial charge in [-0.25, -0.2) is 0 Å². The van der Waals surface area contributed by atoms with E-state index >= 15 is 0 Å². The highest BCUT2D eigenvalue weighted by Crippen LogP contribution is 2.29. The zero-order valence-electron chi connectivity index (χ0n) is 17.1. The van der Waals surface area contributed by atoms with Gasteiger partial charge in [-0.1, -0.05) is 11.6 Å². The van der Waals surface area contributed by atoms with Crippen molar-refractivity contribution in [3.63, 3.8) is 0 Å². The molecule has 1 aliphatic heterocycles. The first kappa shape index (κ1) is 21.3. The molecule has 29 heavy (non-hydrogen) atoms. The maximum atomic E-state index is 12.9. The highest BCUT2D eigenvalue weighted by molar-refractivity contribution is 6.30. The van der Waals surface area contributed by atoms with E-state index in [1.165, 1.54) is 0 Å². The Morgan fingerprint density at radius 1 is 0.966 bits per heavy atom. The molecule has 0 radical (unpaired) electrons. The van der Waals surface area contributed by atoms with E-state index in [-0.39, 0.29) is 5.91 Å². The minimum atomic E-state index is 0.00587. The number of ether oxygens (including phenoxy) is 3. The van der Waals surface area contributed by atoms with Gasteiger partial charge >= 0.3 is 0 Å². The Morgan fingerprint density at radius 2 is 1.66 bits per heavy atom. The number of hydrogen-bond donors (Lipinski definition) is 0. The van der Waals surface area contributed by atoms with Crippen molar-refractivity contribution in [2.75, 3.05) is 47.0 Å². The maximum Gasteiger partial charge on any atom is 0.254 e. The molecule has 0 atom stereocenters. The second-order valence-corrected chi connectivity index (χ2v) is 7.26. The Labute approximate surface area is 176 Å². The molecule has 156 valence electrons. The van der Waals surface area contributed by atoms with Gasteiger partial charge in [0.2, 0.25) is 0 Å². The standard InChI is InChI=1S/C22H27ClN2O4/c1-4-29-20-7-5-16(14-21(20)28-3)22(26)25-11-9-24(10-12-25)15-17-13-18(23)6-8-19(17)27-2/h5-8,13-14H,4,9-12,15H2,1-3H3. The van der Waals surface area contributed by atoms with Crippen LogP contribution in [0.3, 0.4) is 0 Å². The van der Waals surface area contributed by atoms with Crippen LogP contribution in [0.25, 0.3) is 0 Å². The summed E-state index contributed by atoms with van der Waals surface area (Å²) in [5.41, 5.74) is 1.66. The first-order valence-electron chi connectivity index (χ1n) is 9.70. The number of hydrogen-bond acceptors (Lipinski definition) is 5. The predicted molar refractivity (Wildman–Crippen MR) is 113 cm³/mol. The molecule has 3 rings (SSSR count). The molecule has 1 aliphatic rings. The fraction of sp³-hybridized carbons (Fsp3) is 0.409. The lowest BCUT2D eigenvalue weighted by atomic mass is 10.1. The number of benzene rings is 2. The SMILES string of the molecule is CCOc1ccc(C(=O)N2CCN(Cc3cc(Cl)ccc3OC)CC2)cc1OC. The number of amides is 1. The largest absolute Gasteiger partial charge is 0.496 e. The number of carbonyl (C=O) groups is 1. The van der Waals surface area contributed by atoms with Gasteiger partial charge in [0.25, 0.3) is 5.91 Å². The van der Waals surface area contributed by atoms with Crippen LogP contribution in [0.5, 0.6) is 17.2 Å². The van der Waals surface area contributed by atoms with Crippen LogP contribution < -0.4 is 14.2 Å². The molecule has 0 N–H and O–H groups in total. The fourth-order valence-electron chi connectivity index (χ4n) is 3.48. The third-order valence-electron chi connectivity index (χ3n) is 5.01.